The van der Waals surface area contributed by atoms with Crippen LogP contribution < -0.4 is 4.90 Å². The number of hydrogen-bond acceptors (Lipinski definition) is 4. The lowest BCUT2D eigenvalue weighted by atomic mass is 10.2. The fourth-order valence-corrected chi connectivity index (χ4v) is 1.99. The molecule has 0 saturated heterocycles. The van der Waals surface area contributed by atoms with Crippen LogP contribution in [-0.2, 0) is 4.79 Å². The lowest BCUT2D eigenvalue weighted by molar-refractivity contribution is -0.136. The van der Waals surface area contributed by atoms with Crippen LogP contribution in [0.15, 0.2) is 42.9 Å². The van der Waals surface area contributed by atoms with E-state index in [9.17, 15) is 9.59 Å². The molecule has 2 aromatic rings. The maximum atomic E-state index is 12.5. The van der Waals surface area contributed by atoms with Gasteiger partial charge < -0.3 is 10.0 Å². The molecule has 0 aliphatic heterocycles. The maximum absolute atomic E-state index is 12.5. The Kier molecular flexibility index (Phi) is 4.84. The molecule has 0 aliphatic rings. The zero-order valence-corrected chi connectivity index (χ0v) is 11.7. The first kappa shape index (κ1) is 14.9. The van der Waals surface area contributed by atoms with E-state index in [1.165, 1.54) is 23.5 Å². The summed E-state index contributed by atoms with van der Waals surface area (Å²) in [7, 11) is 0. The van der Waals surface area contributed by atoms with Crippen LogP contribution in [-0.4, -0.2) is 33.5 Å². The van der Waals surface area contributed by atoms with Crippen molar-refractivity contribution in [3.8, 4) is 0 Å². The Morgan fingerprint density at radius 3 is 2.52 bits per heavy atom. The van der Waals surface area contributed by atoms with Crippen molar-refractivity contribution in [1.82, 2.24) is 9.97 Å². The summed E-state index contributed by atoms with van der Waals surface area (Å²) in [4.78, 5) is 32.4. The number of anilines is 1. The summed E-state index contributed by atoms with van der Waals surface area (Å²) in [5.41, 5.74) is 0.775. The van der Waals surface area contributed by atoms with Gasteiger partial charge in [-0.2, -0.15) is 0 Å². The summed E-state index contributed by atoms with van der Waals surface area (Å²) < 4.78 is 0. The van der Waals surface area contributed by atoms with E-state index in [0.29, 0.717) is 11.3 Å². The van der Waals surface area contributed by atoms with Crippen molar-refractivity contribution in [3.05, 3.63) is 53.6 Å². The summed E-state index contributed by atoms with van der Waals surface area (Å²) in [5, 5.41) is 8.98. The minimum absolute atomic E-state index is 0.00189. The number of hydrogen-bond donors (Lipinski definition) is 1. The molecule has 108 valence electrons. The second-order valence-corrected chi connectivity index (χ2v) is 4.51. The van der Waals surface area contributed by atoms with E-state index in [1.54, 1.807) is 24.3 Å². The highest BCUT2D eigenvalue weighted by Crippen LogP contribution is 2.24. The number of rotatable bonds is 5. The van der Waals surface area contributed by atoms with Gasteiger partial charge in [0.2, 0.25) is 0 Å². The van der Waals surface area contributed by atoms with Gasteiger partial charge in [0.05, 0.1) is 12.1 Å². The van der Waals surface area contributed by atoms with Gasteiger partial charge in [-0.1, -0.05) is 11.6 Å². The summed E-state index contributed by atoms with van der Waals surface area (Å²) in [6.07, 6.45) is 4.29. The molecule has 0 radical (unpaired) electrons. The van der Waals surface area contributed by atoms with Gasteiger partial charge in [0.25, 0.3) is 5.91 Å². The van der Waals surface area contributed by atoms with Crippen molar-refractivity contribution in [2.24, 2.45) is 0 Å². The second kappa shape index (κ2) is 6.81. The molecule has 2 heterocycles. The number of carboxylic acids is 1. The summed E-state index contributed by atoms with van der Waals surface area (Å²) in [6.45, 7) is 0.00189. The largest absolute Gasteiger partial charge is 0.481 e. The van der Waals surface area contributed by atoms with Gasteiger partial charge >= 0.3 is 5.97 Å². The van der Waals surface area contributed by atoms with Gasteiger partial charge in [0.1, 0.15) is 0 Å². The van der Waals surface area contributed by atoms with E-state index in [4.69, 9.17) is 16.7 Å². The topological polar surface area (TPSA) is 83.4 Å². The predicted octanol–water partition coefficient (Wildman–Crippen LogP) is 2.25. The third kappa shape index (κ3) is 3.76. The van der Waals surface area contributed by atoms with Crippen LogP contribution in [0.4, 0.5) is 5.69 Å². The van der Waals surface area contributed by atoms with Gasteiger partial charge in [-0.05, 0) is 24.3 Å². The summed E-state index contributed by atoms with van der Waals surface area (Å²) >= 11 is 6.00. The van der Waals surface area contributed by atoms with Crippen molar-refractivity contribution in [2.75, 3.05) is 11.4 Å². The number of nitrogens with zero attached hydrogens (tertiary/aromatic N) is 3. The second-order valence-electron chi connectivity index (χ2n) is 4.15. The minimum Gasteiger partial charge on any atom is -0.481 e. The Balaban J connectivity index is 2.34. The number of aliphatic carboxylic acids is 1. The number of carbonyl (C=O) groups is 2. The molecule has 6 nitrogen and oxygen atoms in total. The number of carboxylic acid groups (broad SMARTS) is 1. The third-order valence-corrected chi connectivity index (χ3v) is 3.04. The first-order chi connectivity index (χ1) is 10.1. The van der Waals surface area contributed by atoms with E-state index in [1.807, 2.05) is 0 Å². The number of aromatic nitrogens is 2. The van der Waals surface area contributed by atoms with E-state index < -0.39 is 5.97 Å². The van der Waals surface area contributed by atoms with Crippen LogP contribution in [0.3, 0.4) is 0 Å². The highest BCUT2D eigenvalue weighted by Gasteiger charge is 2.21. The fourth-order valence-electron chi connectivity index (χ4n) is 1.77. The van der Waals surface area contributed by atoms with Crippen LogP contribution in [0.25, 0.3) is 0 Å². The van der Waals surface area contributed by atoms with Crippen LogP contribution in [0.5, 0.6) is 0 Å². The quantitative estimate of drug-likeness (QED) is 0.857. The van der Waals surface area contributed by atoms with Gasteiger partial charge in [-0.25, -0.2) is 4.98 Å². The van der Waals surface area contributed by atoms with Gasteiger partial charge in [-0.3, -0.25) is 14.6 Å². The molecule has 0 saturated carbocycles. The Morgan fingerprint density at radius 1 is 1.19 bits per heavy atom. The molecular weight excluding hydrogens is 294 g/mol. The van der Waals surface area contributed by atoms with E-state index in [-0.39, 0.29) is 24.0 Å². The molecule has 0 aliphatic carbocycles. The van der Waals surface area contributed by atoms with Gasteiger partial charge in [0.15, 0.2) is 5.15 Å². The van der Waals surface area contributed by atoms with Crippen molar-refractivity contribution in [1.29, 1.82) is 0 Å². The van der Waals surface area contributed by atoms with Crippen LogP contribution in [0.1, 0.15) is 16.8 Å². The predicted molar refractivity (Wildman–Crippen MR) is 77.4 cm³/mol. The molecule has 2 aromatic heterocycles. The Bertz CT molecular complexity index is 649. The SMILES string of the molecule is O=C(O)CCN(C(=O)c1ccncc1)c1cccnc1Cl. The molecule has 1 N–H and O–H groups in total. The van der Waals surface area contributed by atoms with Crippen molar-refractivity contribution < 1.29 is 14.7 Å². The zero-order chi connectivity index (χ0) is 15.2. The Hall–Kier alpha value is -2.47. The maximum Gasteiger partial charge on any atom is 0.305 e. The van der Waals surface area contributed by atoms with Crippen molar-refractivity contribution in [2.45, 2.75) is 6.42 Å². The normalized spacial score (nSPS) is 10.1. The van der Waals surface area contributed by atoms with Gasteiger partial charge in [-0.15, -0.1) is 0 Å². The molecular formula is C14H12ClN3O3. The Labute approximate surface area is 126 Å². The monoisotopic (exact) mass is 305 g/mol. The van der Waals surface area contributed by atoms with Crippen LogP contribution >= 0.6 is 11.6 Å². The molecule has 7 heteroatoms. The minimum atomic E-state index is -0.998. The molecule has 2 rings (SSSR count). The summed E-state index contributed by atoms with van der Waals surface area (Å²) in [6, 6.07) is 6.37. The molecule has 21 heavy (non-hydrogen) atoms. The van der Waals surface area contributed by atoms with Crippen LogP contribution in [0, 0.1) is 0 Å². The first-order valence-corrected chi connectivity index (χ1v) is 6.51. The van der Waals surface area contributed by atoms with Crippen LogP contribution in [0.2, 0.25) is 5.15 Å². The van der Waals surface area contributed by atoms with E-state index >= 15 is 0 Å². The highest BCUT2D eigenvalue weighted by molar-refractivity contribution is 6.32. The third-order valence-electron chi connectivity index (χ3n) is 2.75. The zero-order valence-electron chi connectivity index (χ0n) is 10.9. The molecule has 0 bridgehead atoms. The molecule has 1 amide bonds. The number of amides is 1. The number of pyridine rings is 2. The smallest absolute Gasteiger partial charge is 0.305 e. The average Bonchev–Trinajstić information content (AvgIpc) is 2.49. The lowest BCUT2D eigenvalue weighted by Gasteiger charge is -2.22. The first-order valence-electron chi connectivity index (χ1n) is 6.14. The molecule has 0 spiro atoms. The number of halogens is 1. The summed E-state index contributed by atoms with van der Waals surface area (Å²) in [5.74, 6) is -1.35. The van der Waals surface area contributed by atoms with Crippen molar-refractivity contribution in [3.63, 3.8) is 0 Å². The molecule has 0 unspecified atom stereocenters. The van der Waals surface area contributed by atoms with E-state index in [0.717, 1.165) is 0 Å². The van der Waals surface area contributed by atoms with Gasteiger partial charge in [0, 0.05) is 30.7 Å². The lowest BCUT2D eigenvalue weighted by Crippen LogP contribution is -2.33. The fraction of sp³-hybridized carbons (Fsp3) is 0.143. The molecule has 0 aromatic carbocycles. The average molecular weight is 306 g/mol. The van der Waals surface area contributed by atoms with E-state index in [2.05, 4.69) is 9.97 Å². The Morgan fingerprint density at radius 2 is 1.90 bits per heavy atom. The highest BCUT2D eigenvalue weighted by atomic mass is 35.5. The van der Waals surface area contributed by atoms with Crippen molar-refractivity contribution >= 4 is 29.2 Å². The molecule has 0 fully saturated rings. The molecule has 0 atom stereocenters. The number of carbonyl (C=O) groups excluding carboxylic acids is 1. The standard InChI is InChI=1S/C14H12ClN3O3/c15-13-11(2-1-6-17-13)18(9-5-12(19)20)14(21)10-3-7-16-8-4-10/h1-4,6-8H,5,9H2,(H,19,20).